The molecule has 1 saturated heterocycles. The molecule has 4 nitrogen and oxygen atoms in total. The van der Waals surface area contributed by atoms with Gasteiger partial charge in [0.1, 0.15) is 11.8 Å². The average Bonchev–Trinajstić information content (AvgIpc) is 2.28. The molecule has 0 N–H and O–H groups in total. The summed E-state index contributed by atoms with van der Waals surface area (Å²) in [7, 11) is 0. The van der Waals surface area contributed by atoms with Crippen LogP contribution in [0.5, 0.6) is 0 Å². The van der Waals surface area contributed by atoms with Gasteiger partial charge in [0, 0.05) is 31.6 Å². The van der Waals surface area contributed by atoms with Gasteiger partial charge >= 0.3 is 0 Å². The molecule has 2 heterocycles. The molecular formula is C11H12F2N4. The van der Waals surface area contributed by atoms with Crippen LogP contribution in [0.25, 0.3) is 0 Å². The molecule has 0 saturated carbocycles. The molecule has 0 radical (unpaired) electrons. The standard InChI is InChI=1S/C11H12F2N4/c1-8-6-9(7-14)16-10(15-8)17-4-2-11(12,13)3-5-17/h6H,2-5H2,1H3. The second-order valence-corrected chi connectivity index (χ2v) is 4.15. The molecule has 0 amide bonds. The van der Waals surface area contributed by atoms with Crippen LogP contribution in [-0.2, 0) is 0 Å². The number of hydrogen-bond donors (Lipinski definition) is 0. The van der Waals surface area contributed by atoms with Crippen molar-refractivity contribution < 1.29 is 8.78 Å². The molecule has 17 heavy (non-hydrogen) atoms. The molecule has 0 bridgehead atoms. The molecule has 0 unspecified atom stereocenters. The molecule has 1 aliphatic rings. The third-order valence-corrected chi connectivity index (χ3v) is 2.73. The van der Waals surface area contributed by atoms with Crippen LogP contribution in [0.3, 0.4) is 0 Å². The molecule has 0 aromatic carbocycles. The highest BCUT2D eigenvalue weighted by atomic mass is 19.3. The Bertz CT molecular complexity index is 457. The van der Waals surface area contributed by atoms with Crippen molar-refractivity contribution >= 4 is 5.95 Å². The Hall–Kier alpha value is -1.77. The van der Waals surface area contributed by atoms with E-state index in [9.17, 15) is 8.78 Å². The Labute approximate surface area is 97.9 Å². The first-order valence-corrected chi connectivity index (χ1v) is 5.39. The summed E-state index contributed by atoms with van der Waals surface area (Å²) in [5.41, 5.74) is 0.939. The minimum atomic E-state index is -2.58. The quantitative estimate of drug-likeness (QED) is 0.749. The Morgan fingerprint density at radius 3 is 2.59 bits per heavy atom. The summed E-state index contributed by atoms with van der Waals surface area (Å²) in [6.07, 6.45) is -0.377. The summed E-state index contributed by atoms with van der Waals surface area (Å²) in [5, 5.41) is 8.79. The van der Waals surface area contributed by atoms with E-state index in [2.05, 4.69) is 9.97 Å². The first kappa shape index (κ1) is 11.7. The molecule has 0 spiro atoms. The van der Waals surface area contributed by atoms with Gasteiger partial charge in [0.15, 0.2) is 0 Å². The van der Waals surface area contributed by atoms with Gasteiger partial charge in [-0.25, -0.2) is 18.7 Å². The third kappa shape index (κ3) is 2.67. The van der Waals surface area contributed by atoms with E-state index in [0.29, 0.717) is 11.6 Å². The number of aryl methyl sites for hydroxylation is 1. The minimum Gasteiger partial charge on any atom is -0.340 e. The van der Waals surface area contributed by atoms with Gasteiger partial charge in [-0.3, -0.25) is 0 Å². The van der Waals surface area contributed by atoms with Gasteiger partial charge in [-0.1, -0.05) is 0 Å². The summed E-state index contributed by atoms with van der Waals surface area (Å²) < 4.78 is 26.0. The summed E-state index contributed by atoms with van der Waals surface area (Å²) in [5.74, 6) is -2.21. The Morgan fingerprint density at radius 1 is 1.35 bits per heavy atom. The third-order valence-electron chi connectivity index (χ3n) is 2.73. The van der Waals surface area contributed by atoms with Crippen molar-refractivity contribution in [3.8, 4) is 6.07 Å². The van der Waals surface area contributed by atoms with E-state index in [1.807, 2.05) is 6.07 Å². The van der Waals surface area contributed by atoms with E-state index in [4.69, 9.17) is 5.26 Å². The van der Waals surface area contributed by atoms with Crippen molar-refractivity contribution in [1.82, 2.24) is 9.97 Å². The highest BCUT2D eigenvalue weighted by molar-refractivity contribution is 5.36. The number of alkyl halides is 2. The van der Waals surface area contributed by atoms with Crippen LogP contribution in [0.2, 0.25) is 0 Å². The van der Waals surface area contributed by atoms with Gasteiger partial charge in [0.2, 0.25) is 5.95 Å². The number of rotatable bonds is 1. The average molecular weight is 238 g/mol. The van der Waals surface area contributed by atoms with Gasteiger partial charge in [-0.2, -0.15) is 5.26 Å². The van der Waals surface area contributed by atoms with Crippen molar-refractivity contribution in [3.63, 3.8) is 0 Å². The van der Waals surface area contributed by atoms with Crippen LogP contribution in [-0.4, -0.2) is 29.0 Å². The Morgan fingerprint density at radius 2 is 2.00 bits per heavy atom. The molecular weight excluding hydrogens is 226 g/mol. The van der Waals surface area contributed by atoms with Crippen molar-refractivity contribution in [1.29, 1.82) is 5.26 Å². The molecule has 1 aromatic heterocycles. The summed E-state index contributed by atoms with van der Waals surface area (Å²) >= 11 is 0. The van der Waals surface area contributed by atoms with E-state index in [-0.39, 0.29) is 31.6 Å². The molecule has 0 aliphatic carbocycles. The fourth-order valence-electron chi connectivity index (χ4n) is 1.79. The van der Waals surface area contributed by atoms with Gasteiger partial charge in [-0.15, -0.1) is 0 Å². The molecule has 1 fully saturated rings. The highest BCUT2D eigenvalue weighted by Crippen LogP contribution is 2.29. The number of nitriles is 1. The number of nitrogens with zero attached hydrogens (tertiary/aromatic N) is 4. The van der Waals surface area contributed by atoms with E-state index in [1.54, 1.807) is 17.9 Å². The second-order valence-electron chi connectivity index (χ2n) is 4.15. The lowest BCUT2D eigenvalue weighted by Crippen LogP contribution is -2.40. The van der Waals surface area contributed by atoms with Crippen molar-refractivity contribution in [2.24, 2.45) is 0 Å². The van der Waals surface area contributed by atoms with Gasteiger partial charge in [-0.05, 0) is 13.0 Å². The monoisotopic (exact) mass is 238 g/mol. The van der Waals surface area contributed by atoms with Gasteiger partial charge < -0.3 is 4.90 Å². The predicted molar refractivity (Wildman–Crippen MR) is 57.9 cm³/mol. The lowest BCUT2D eigenvalue weighted by atomic mass is 10.1. The smallest absolute Gasteiger partial charge is 0.251 e. The van der Waals surface area contributed by atoms with Crippen LogP contribution in [0.1, 0.15) is 24.2 Å². The Kier molecular flexibility index (Phi) is 2.92. The first-order chi connectivity index (χ1) is 8.00. The first-order valence-electron chi connectivity index (χ1n) is 5.39. The number of piperidine rings is 1. The van der Waals surface area contributed by atoms with Crippen LogP contribution in [0.15, 0.2) is 6.07 Å². The SMILES string of the molecule is Cc1cc(C#N)nc(N2CCC(F)(F)CC2)n1. The van der Waals surface area contributed by atoms with Crippen molar-refractivity contribution in [3.05, 3.63) is 17.5 Å². The molecule has 2 rings (SSSR count). The predicted octanol–water partition coefficient (Wildman–Crippen LogP) is 1.89. The van der Waals surface area contributed by atoms with E-state index >= 15 is 0 Å². The van der Waals surface area contributed by atoms with Gasteiger partial charge in [0.25, 0.3) is 5.92 Å². The lowest BCUT2D eigenvalue weighted by Gasteiger charge is -2.31. The largest absolute Gasteiger partial charge is 0.340 e. The number of aromatic nitrogens is 2. The summed E-state index contributed by atoms with van der Waals surface area (Å²) in [4.78, 5) is 9.90. The molecule has 0 atom stereocenters. The Balaban J connectivity index is 2.19. The zero-order chi connectivity index (χ0) is 12.5. The van der Waals surface area contributed by atoms with E-state index < -0.39 is 5.92 Å². The fourth-order valence-corrected chi connectivity index (χ4v) is 1.79. The maximum Gasteiger partial charge on any atom is 0.251 e. The maximum absolute atomic E-state index is 13.0. The number of hydrogen-bond acceptors (Lipinski definition) is 4. The minimum absolute atomic E-state index is 0.188. The molecule has 6 heteroatoms. The van der Waals surface area contributed by atoms with E-state index in [1.165, 1.54) is 0 Å². The van der Waals surface area contributed by atoms with Gasteiger partial charge in [0.05, 0.1) is 0 Å². The topological polar surface area (TPSA) is 52.8 Å². The second kappa shape index (κ2) is 4.24. The van der Waals surface area contributed by atoms with Crippen molar-refractivity contribution in [2.45, 2.75) is 25.7 Å². The van der Waals surface area contributed by atoms with Crippen LogP contribution in [0, 0.1) is 18.3 Å². The zero-order valence-corrected chi connectivity index (χ0v) is 9.45. The molecule has 1 aromatic rings. The molecule has 90 valence electrons. The zero-order valence-electron chi connectivity index (χ0n) is 9.45. The highest BCUT2D eigenvalue weighted by Gasteiger charge is 2.34. The van der Waals surface area contributed by atoms with Crippen LogP contribution >= 0.6 is 0 Å². The maximum atomic E-state index is 13.0. The number of anilines is 1. The molecule has 1 aliphatic heterocycles. The number of halogens is 2. The van der Waals surface area contributed by atoms with Crippen molar-refractivity contribution in [2.75, 3.05) is 18.0 Å². The van der Waals surface area contributed by atoms with Crippen LogP contribution < -0.4 is 4.90 Å². The normalized spacial score (nSPS) is 18.8. The van der Waals surface area contributed by atoms with Crippen LogP contribution in [0.4, 0.5) is 14.7 Å². The fraction of sp³-hybridized carbons (Fsp3) is 0.545. The van der Waals surface area contributed by atoms with E-state index in [0.717, 1.165) is 0 Å². The lowest BCUT2D eigenvalue weighted by molar-refractivity contribution is -0.0222. The summed E-state index contributed by atoms with van der Waals surface area (Å²) in [6, 6.07) is 3.51. The summed E-state index contributed by atoms with van der Waals surface area (Å²) in [6.45, 7) is 2.20.